The lowest BCUT2D eigenvalue weighted by molar-refractivity contribution is -0.675. The SMILES string of the molecule is c1ccc2c(c1)c1cc[n+]2CCCCC[n+]2ccc(c3ccccc32)NCCCN1. The number of pyridine rings is 2. The average molecular weight is 399 g/mol. The van der Waals surface area contributed by atoms with Crippen molar-refractivity contribution >= 4 is 33.2 Å². The van der Waals surface area contributed by atoms with Crippen molar-refractivity contribution in [2.24, 2.45) is 0 Å². The predicted molar refractivity (Wildman–Crippen MR) is 124 cm³/mol. The van der Waals surface area contributed by atoms with E-state index in [4.69, 9.17) is 0 Å². The number of aryl methyl sites for hydroxylation is 2. The monoisotopic (exact) mass is 398 g/mol. The second-order valence-electron chi connectivity index (χ2n) is 8.15. The van der Waals surface area contributed by atoms with E-state index in [1.54, 1.807) is 0 Å². The normalized spacial score (nSPS) is 15.5. The Hall–Kier alpha value is -3.14. The zero-order valence-electron chi connectivity index (χ0n) is 17.5. The number of hydrogen-bond acceptors (Lipinski definition) is 2. The third-order valence-electron chi connectivity index (χ3n) is 6.13. The molecule has 4 bridgehead atoms. The molecule has 0 amide bonds. The van der Waals surface area contributed by atoms with Gasteiger partial charge in [0, 0.05) is 50.2 Å². The summed E-state index contributed by atoms with van der Waals surface area (Å²) in [4.78, 5) is 0. The highest BCUT2D eigenvalue weighted by molar-refractivity contribution is 5.89. The van der Waals surface area contributed by atoms with Crippen LogP contribution < -0.4 is 19.8 Å². The van der Waals surface area contributed by atoms with E-state index in [0.29, 0.717) is 0 Å². The van der Waals surface area contributed by atoms with Gasteiger partial charge in [-0.15, -0.1) is 0 Å². The summed E-state index contributed by atoms with van der Waals surface area (Å²) in [5.41, 5.74) is 5.09. The van der Waals surface area contributed by atoms with Gasteiger partial charge in [0.2, 0.25) is 11.0 Å². The number of para-hydroxylation sites is 2. The first kappa shape index (κ1) is 18.9. The fourth-order valence-corrected chi connectivity index (χ4v) is 4.55. The van der Waals surface area contributed by atoms with E-state index in [1.165, 1.54) is 52.4 Å². The van der Waals surface area contributed by atoms with E-state index in [1.807, 2.05) is 0 Å². The molecule has 0 radical (unpaired) electrons. The molecule has 2 aromatic carbocycles. The quantitative estimate of drug-likeness (QED) is 0.422. The number of fused-ring (bicyclic) bond motifs is 10. The first-order chi connectivity index (χ1) is 14.9. The highest BCUT2D eigenvalue weighted by atomic mass is 15.0. The van der Waals surface area contributed by atoms with Crippen LogP contribution in [0.15, 0.2) is 73.1 Å². The zero-order valence-corrected chi connectivity index (χ0v) is 17.5. The molecule has 0 saturated carbocycles. The Balaban J connectivity index is 1.43. The third-order valence-corrected chi connectivity index (χ3v) is 6.13. The van der Waals surface area contributed by atoms with Crippen molar-refractivity contribution in [3.8, 4) is 0 Å². The molecule has 2 aliphatic heterocycles. The van der Waals surface area contributed by atoms with Crippen LogP contribution in [0.5, 0.6) is 0 Å². The second-order valence-corrected chi connectivity index (χ2v) is 8.15. The molecular formula is C26H30N4+2. The van der Waals surface area contributed by atoms with Gasteiger partial charge in [-0.25, -0.2) is 0 Å². The molecule has 4 heteroatoms. The molecule has 4 heterocycles. The van der Waals surface area contributed by atoms with E-state index in [9.17, 15) is 0 Å². The van der Waals surface area contributed by atoms with Gasteiger partial charge in [-0.1, -0.05) is 24.3 Å². The molecule has 0 atom stereocenters. The van der Waals surface area contributed by atoms with Crippen molar-refractivity contribution in [1.82, 2.24) is 0 Å². The molecule has 2 aromatic heterocycles. The molecule has 2 N–H and O–H groups in total. The molecule has 4 aromatic rings. The Bertz CT molecular complexity index is 986. The predicted octanol–water partition coefficient (Wildman–Crippen LogP) is 4.67. The number of nitrogens with zero attached hydrogens (tertiary/aromatic N) is 2. The van der Waals surface area contributed by atoms with Crippen molar-refractivity contribution in [3.63, 3.8) is 0 Å². The average Bonchev–Trinajstić information content (AvgIpc) is 2.80. The van der Waals surface area contributed by atoms with Gasteiger partial charge in [0.05, 0.1) is 22.1 Å². The van der Waals surface area contributed by atoms with Crippen LogP contribution in [0.4, 0.5) is 11.4 Å². The molecule has 2 aliphatic rings. The zero-order chi connectivity index (χ0) is 20.2. The maximum Gasteiger partial charge on any atom is 0.214 e. The first-order valence-corrected chi connectivity index (χ1v) is 11.2. The Morgan fingerprint density at radius 3 is 1.57 bits per heavy atom. The van der Waals surface area contributed by atoms with Crippen LogP contribution in [0, 0.1) is 0 Å². The minimum absolute atomic E-state index is 0.950. The van der Waals surface area contributed by atoms with Crippen LogP contribution in [0.1, 0.15) is 25.7 Å². The minimum Gasteiger partial charge on any atom is -0.384 e. The highest BCUT2D eigenvalue weighted by Crippen LogP contribution is 2.22. The number of hydrogen-bond donors (Lipinski definition) is 2. The van der Waals surface area contributed by atoms with Gasteiger partial charge in [-0.3, -0.25) is 0 Å². The Morgan fingerprint density at radius 2 is 1.03 bits per heavy atom. The lowest BCUT2D eigenvalue weighted by Gasteiger charge is -2.12. The van der Waals surface area contributed by atoms with Crippen LogP contribution in [-0.4, -0.2) is 13.1 Å². The van der Waals surface area contributed by atoms with E-state index in [2.05, 4.69) is 92.8 Å². The fraction of sp³-hybridized carbons (Fsp3) is 0.308. The highest BCUT2D eigenvalue weighted by Gasteiger charge is 2.14. The molecule has 0 fully saturated rings. The van der Waals surface area contributed by atoms with Gasteiger partial charge in [0.15, 0.2) is 12.4 Å². The standard InChI is InChI=1S/C26H28N4/c1-6-17-29-19-13-23(21-9-2-4-11-25(21)29)27-15-8-16-28-24-14-20-30(18-7-1)26-12-5-3-10-22(24)26/h2-5,9-14,19-20H,1,6-8,15-18H2/p+2. The molecule has 6 rings (SSSR count). The Labute approximate surface area is 178 Å². The van der Waals surface area contributed by atoms with Crippen molar-refractivity contribution in [3.05, 3.63) is 73.1 Å². The van der Waals surface area contributed by atoms with Crippen LogP contribution in [0.2, 0.25) is 0 Å². The third kappa shape index (κ3) is 3.82. The summed E-state index contributed by atoms with van der Waals surface area (Å²) < 4.78 is 4.81. The van der Waals surface area contributed by atoms with Gasteiger partial charge < -0.3 is 10.6 Å². The number of nitrogens with one attached hydrogen (secondary N) is 2. The van der Waals surface area contributed by atoms with Crippen molar-refractivity contribution in [2.45, 2.75) is 38.8 Å². The van der Waals surface area contributed by atoms with Gasteiger partial charge in [0.25, 0.3) is 0 Å². The summed E-state index contributed by atoms with van der Waals surface area (Å²) in [5, 5.41) is 9.94. The molecule has 0 unspecified atom stereocenters. The number of rotatable bonds is 0. The lowest BCUT2D eigenvalue weighted by Crippen LogP contribution is -2.36. The van der Waals surface area contributed by atoms with Crippen molar-refractivity contribution in [1.29, 1.82) is 0 Å². The summed E-state index contributed by atoms with van der Waals surface area (Å²) in [6, 6.07) is 22.0. The largest absolute Gasteiger partial charge is 0.384 e. The summed E-state index contributed by atoms with van der Waals surface area (Å²) >= 11 is 0. The topological polar surface area (TPSA) is 31.8 Å². The van der Waals surface area contributed by atoms with Crippen molar-refractivity contribution < 1.29 is 9.13 Å². The van der Waals surface area contributed by atoms with Crippen molar-refractivity contribution in [2.75, 3.05) is 23.7 Å². The van der Waals surface area contributed by atoms with Crippen LogP contribution >= 0.6 is 0 Å². The van der Waals surface area contributed by atoms with E-state index in [-0.39, 0.29) is 0 Å². The van der Waals surface area contributed by atoms with Gasteiger partial charge in [0.1, 0.15) is 13.1 Å². The molecule has 30 heavy (non-hydrogen) atoms. The molecule has 152 valence electrons. The first-order valence-electron chi connectivity index (χ1n) is 11.2. The van der Waals surface area contributed by atoms with Gasteiger partial charge in [-0.2, -0.15) is 9.13 Å². The maximum absolute atomic E-state index is 3.66. The molecule has 4 nitrogen and oxygen atoms in total. The number of anilines is 2. The lowest BCUT2D eigenvalue weighted by atomic mass is 10.1. The number of benzene rings is 2. The summed E-state index contributed by atoms with van der Waals surface area (Å²) in [6.45, 7) is 4.03. The van der Waals surface area contributed by atoms with Crippen LogP contribution in [0.25, 0.3) is 21.8 Å². The van der Waals surface area contributed by atoms with E-state index < -0.39 is 0 Å². The molecule has 0 spiro atoms. The van der Waals surface area contributed by atoms with E-state index >= 15 is 0 Å². The maximum atomic E-state index is 3.66. The smallest absolute Gasteiger partial charge is 0.214 e. The summed E-state index contributed by atoms with van der Waals surface area (Å²) in [6.07, 6.45) is 9.16. The second kappa shape index (κ2) is 8.70. The summed E-state index contributed by atoms with van der Waals surface area (Å²) in [7, 11) is 0. The summed E-state index contributed by atoms with van der Waals surface area (Å²) in [5.74, 6) is 0. The Morgan fingerprint density at radius 1 is 0.533 bits per heavy atom. The fourth-order valence-electron chi connectivity index (χ4n) is 4.55. The molecule has 0 saturated heterocycles. The number of aromatic nitrogens is 2. The van der Waals surface area contributed by atoms with Crippen LogP contribution in [-0.2, 0) is 13.1 Å². The minimum atomic E-state index is 0.950. The molecular weight excluding hydrogens is 368 g/mol. The van der Waals surface area contributed by atoms with Crippen LogP contribution in [0.3, 0.4) is 0 Å². The Kier molecular flexibility index (Phi) is 5.47. The van der Waals surface area contributed by atoms with Gasteiger partial charge in [-0.05, 0) is 25.0 Å². The van der Waals surface area contributed by atoms with Gasteiger partial charge >= 0.3 is 0 Å². The molecule has 0 aliphatic carbocycles. The van der Waals surface area contributed by atoms with E-state index in [0.717, 1.165) is 32.6 Å².